The van der Waals surface area contributed by atoms with Gasteiger partial charge in [-0.3, -0.25) is 4.99 Å². The standard InChI is InChI=1S/C21H34N4O2/c1-5-17(22-2)16-21(23-3)24-18-9-10-19(26-4)20(15-18)27-14-8-13-25-11-6-7-12-25/h9-10,15-16,22H,5-8,11-14H2,1-4H3,(H,23,24)/b17-16+. The molecular formula is C21H34N4O2. The molecule has 150 valence electrons. The van der Waals surface area contributed by atoms with E-state index in [2.05, 4.69) is 27.4 Å². The summed E-state index contributed by atoms with van der Waals surface area (Å²) >= 11 is 0. The summed E-state index contributed by atoms with van der Waals surface area (Å²) in [5, 5.41) is 6.53. The summed E-state index contributed by atoms with van der Waals surface area (Å²) in [6.45, 7) is 6.34. The molecule has 1 fully saturated rings. The maximum Gasteiger partial charge on any atom is 0.163 e. The number of anilines is 1. The zero-order valence-corrected chi connectivity index (χ0v) is 17.2. The van der Waals surface area contributed by atoms with Crippen LogP contribution in [0.4, 0.5) is 5.69 Å². The molecule has 0 bridgehead atoms. The van der Waals surface area contributed by atoms with Gasteiger partial charge in [-0.2, -0.15) is 0 Å². The maximum absolute atomic E-state index is 6.01. The van der Waals surface area contributed by atoms with E-state index in [1.54, 1.807) is 14.2 Å². The van der Waals surface area contributed by atoms with Gasteiger partial charge < -0.3 is 25.0 Å². The first-order valence-electron chi connectivity index (χ1n) is 9.85. The topological polar surface area (TPSA) is 58.1 Å². The fraction of sp³-hybridized carbons (Fsp3) is 0.571. The van der Waals surface area contributed by atoms with Crippen molar-refractivity contribution in [2.75, 3.05) is 52.8 Å². The molecule has 0 spiro atoms. The lowest BCUT2D eigenvalue weighted by Gasteiger charge is -2.16. The Labute approximate surface area is 163 Å². The van der Waals surface area contributed by atoms with Crippen molar-refractivity contribution in [1.29, 1.82) is 0 Å². The number of aliphatic imine (C=N–C) groups is 1. The highest BCUT2D eigenvalue weighted by Gasteiger charge is 2.11. The van der Waals surface area contributed by atoms with Gasteiger partial charge in [0.1, 0.15) is 5.84 Å². The predicted molar refractivity (Wildman–Crippen MR) is 113 cm³/mol. The molecule has 6 nitrogen and oxygen atoms in total. The Balaban J connectivity index is 1.97. The number of ether oxygens (including phenoxy) is 2. The van der Waals surface area contributed by atoms with Gasteiger partial charge in [0.2, 0.25) is 0 Å². The first-order valence-corrected chi connectivity index (χ1v) is 9.85. The van der Waals surface area contributed by atoms with Crippen LogP contribution in [-0.2, 0) is 0 Å². The van der Waals surface area contributed by atoms with Gasteiger partial charge in [0.05, 0.1) is 13.7 Å². The number of hydrogen-bond acceptors (Lipinski definition) is 5. The van der Waals surface area contributed by atoms with Crippen LogP contribution in [0.1, 0.15) is 32.6 Å². The monoisotopic (exact) mass is 374 g/mol. The molecule has 1 aromatic rings. The van der Waals surface area contributed by atoms with Crippen molar-refractivity contribution in [1.82, 2.24) is 10.2 Å². The van der Waals surface area contributed by atoms with Gasteiger partial charge >= 0.3 is 0 Å². The molecule has 1 aromatic carbocycles. The average molecular weight is 375 g/mol. The van der Waals surface area contributed by atoms with Crippen LogP contribution in [0, 0.1) is 0 Å². The Kier molecular flexibility index (Phi) is 8.98. The van der Waals surface area contributed by atoms with Gasteiger partial charge in [-0.05, 0) is 57.0 Å². The summed E-state index contributed by atoms with van der Waals surface area (Å²) < 4.78 is 11.5. The zero-order valence-electron chi connectivity index (χ0n) is 17.2. The van der Waals surface area contributed by atoms with Crippen molar-refractivity contribution in [3.8, 4) is 11.5 Å². The van der Waals surface area contributed by atoms with Crippen LogP contribution >= 0.6 is 0 Å². The number of amidine groups is 1. The first kappa shape index (κ1) is 21.1. The molecule has 2 rings (SSSR count). The summed E-state index contributed by atoms with van der Waals surface area (Å²) in [7, 11) is 5.37. The third kappa shape index (κ3) is 6.79. The summed E-state index contributed by atoms with van der Waals surface area (Å²) in [4.78, 5) is 6.82. The quantitative estimate of drug-likeness (QED) is 0.373. The van der Waals surface area contributed by atoms with E-state index in [0.717, 1.165) is 48.1 Å². The second kappa shape index (κ2) is 11.5. The number of allylic oxidation sites excluding steroid dienone is 1. The SMILES string of the molecule is CC/C(=C\C(=NC)Nc1ccc(OC)c(OCCCN2CCCC2)c1)NC. The number of hydrogen-bond donors (Lipinski definition) is 2. The highest BCUT2D eigenvalue weighted by molar-refractivity contribution is 6.04. The number of rotatable bonds is 10. The lowest BCUT2D eigenvalue weighted by atomic mass is 10.2. The Bertz CT molecular complexity index is 631. The molecule has 0 radical (unpaired) electrons. The van der Waals surface area contributed by atoms with Gasteiger partial charge in [0, 0.05) is 38.1 Å². The van der Waals surface area contributed by atoms with Crippen LogP contribution in [0.2, 0.25) is 0 Å². The average Bonchev–Trinajstić information content (AvgIpc) is 3.22. The molecule has 1 saturated heterocycles. The van der Waals surface area contributed by atoms with E-state index >= 15 is 0 Å². The minimum absolute atomic E-state index is 0.685. The van der Waals surface area contributed by atoms with Crippen LogP contribution in [-0.4, -0.2) is 58.2 Å². The van der Waals surface area contributed by atoms with Crippen molar-refractivity contribution in [3.63, 3.8) is 0 Å². The third-order valence-corrected chi connectivity index (χ3v) is 4.76. The van der Waals surface area contributed by atoms with Crippen LogP contribution < -0.4 is 20.1 Å². The molecule has 1 aliphatic heterocycles. The van der Waals surface area contributed by atoms with Gasteiger partial charge in [0.15, 0.2) is 11.5 Å². The molecule has 2 N–H and O–H groups in total. The van der Waals surface area contributed by atoms with Gasteiger partial charge in [-0.15, -0.1) is 0 Å². The molecule has 27 heavy (non-hydrogen) atoms. The molecule has 6 heteroatoms. The lowest BCUT2D eigenvalue weighted by molar-refractivity contribution is 0.254. The first-order chi connectivity index (χ1) is 13.2. The normalized spacial score (nSPS) is 15.7. The number of methoxy groups -OCH3 is 1. The van der Waals surface area contributed by atoms with E-state index < -0.39 is 0 Å². The van der Waals surface area contributed by atoms with Crippen LogP contribution in [0.5, 0.6) is 11.5 Å². The van der Waals surface area contributed by atoms with Crippen molar-refractivity contribution < 1.29 is 9.47 Å². The molecule has 0 unspecified atom stereocenters. The van der Waals surface area contributed by atoms with Crippen LogP contribution in [0.15, 0.2) is 35.0 Å². The Morgan fingerprint density at radius 3 is 2.67 bits per heavy atom. The number of nitrogens with zero attached hydrogens (tertiary/aromatic N) is 2. The van der Waals surface area contributed by atoms with E-state index in [-0.39, 0.29) is 0 Å². The highest BCUT2D eigenvalue weighted by atomic mass is 16.5. The minimum atomic E-state index is 0.685. The van der Waals surface area contributed by atoms with Gasteiger partial charge in [0.25, 0.3) is 0 Å². The molecule has 1 aliphatic rings. The summed E-state index contributed by atoms with van der Waals surface area (Å²) in [6, 6.07) is 5.87. The fourth-order valence-corrected chi connectivity index (χ4v) is 3.16. The second-order valence-corrected chi connectivity index (χ2v) is 6.62. The largest absolute Gasteiger partial charge is 0.493 e. The van der Waals surface area contributed by atoms with Crippen molar-refractivity contribution in [3.05, 3.63) is 30.0 Å². The van der Waals surface area contributed by atoms with E-state index in [1.807, 2.05) is 31.3 Å². The number of nitrogens with one attached hydrogen (secondary N) is 2. The van der Waals surface area contributed by atoms with Crippen molar-refractivity contribution in [2.45, 2.75) is 32.6 Å². The van der Waals surface area contributed by atoms with E-state index in [4.69, 9.17) is 9.47 Å². The van der Waals surface area contributed by atoms with E-state index in [9.17, 15) is 0 Å². The lowest BCUT2D eigenvalue weighted by Crippen LogP contribution is -2.22. The maximum atomic E-state index is 6.01. The Morgan fingerprint density at radius 1 is 1.26 bits per heavy atom. The summed E-state index contributed by atoms with van der Waals surface area (Å²) in [6.07, 6.45) is 6.61. The Hall–Kier alpha value is -2.21. The number of likely N-dealkylation sites (tertiary alicyclic amines) is 1. The predicted octanol–water partition coefficient (Wildman–Crippen LogP) is 3.51. The Morgan fingerprint density at radius 2 is 2.04 bits per heavy atom. The molecular weight excluding hydrogens is 340 g/mol. The van der Waals surface area contributed by atoms with Gasteiger partial charge in [-0.1, -0.05) is 6.92 Å². The van der Waals surface area contributed by atoms with Crippen LogP contribution in [0.3, 0.4) is 0 Å². The molecule has 0 aromatic heterocycles. The van der Waals surface area contributed by atoms with Crippen molar-refractivity contribution in [2.24, 2.45) is 4.99 Å². The molecule has 0 aliphatic carbocycles. The molecule has 1 heterocycles. The van der Waals surface area contributed by atoms with Crippen molar-refractivity contribution >= 4 is 11.5 Å². The highest BCUT2D eigenvalue weighted by Crippen LogP contribution is 2.30. The number of benzene rings is 1. The van der Waals surface area contributed by atoms with E-state index in [0.29, 0.717) is 6.61 Å². The third-order valence-electron chi connectivity index (χ3n) is 4.76. The van der Waals surface area contributed by atoms with E-state index in [1.165, 1.54) is 25.9 Å². The molecule has 0 amide bonds. The second-order valence-electron chi connectivity index (χ2n) is 6.62. The molecule has 0 atom stereocenters. The minimum Gasteiger partial charge on any atom is -0.493 e. The fourth-order valence-electron chi connectivity index (χ4n) is 3.16. The van der Waals surface area contributed by atoms with Gasteiger partial charge in [-0.25, -0.2) is 0 Å². The summed E-state index contributed by atoms with van der Waals surface area (Å²) in [5.74, 6) is 2.30. The summed E-state index contributed by atoms with van der Waals surface area (Å²) in [5.41, 5.74) is 2.05. The smallest absolute Gasteiger partial charge is 0.163 e. The molecule has 0 saturated carbocycles. The zero-order chi connectivity index (χ0) is 19.5. The van der Waals surface area contributed by atoms with Crippen LogP contribution in [0.25, 0.3) is 0 Å².